The largest absolute Gasteiger partial charge is 0.300 e. The van der Waals surface area contributed by atoms with E-state index in [4.69, 9.17) is 0 Å². The smallest absolute Gasteiger partial charge is 0.179 e. The van der Waals surface area contributed by atoms with E-state index in [1.54, 1.807) is 30.3 Å². The van der Waals surface area contributed by atoms with Gasteiger partial charge in [-0.1, -0.05) is 36.4 Å². The molecule has 0 aliphatic carbocycles. The first-order valence-electron chi connectivity index (χ1n) is 8.50. The maximum atomic E-state index is 13.7. The third-order valence-electron chi connectivity index (χ3n) is 4.60. The molecule has 1 heterocycles. The van der Waals surface area contributed by atoms with Crippen LogP contribution in [0.2, 0.25) is 0 Å². The summed E-state index contributed by atoms with van der Waals surface area (Å²) in [4.78, 5) is 4.76. The van der Waals surface area contributed by atoms with E-state index in [2.05, 4.69) is 9.80 Å². The van der Waals surface area contributed by atoms with Crippen LogP contribution in [0.3, 0.4) is 0 Å². The lowest BCUT2D eigenvalue weighted by Gasteiger charge is -2.34. The number of sulfone groups is 1. The van der Waals surface area contributed by atoms with Crippen LogP contribution in [0, 0.1) is 5.82 Å². The van der Waals surface area contributed by atoms with E-state index < -0.39 is 9.84 Å². The minimum atomic E-state index is -3.23. The van der Waals surface area contributed by atoms with Crippen molar-refractivity contribution in [3.63, 3.8) is 0 Å². The van der Waals surface area contributed by atoms with E-state index in [0.29, 0.717) is 23.5 Å². The Kier molecular flexibility index (Phi) is 5.83. The third kappa shape index (κ3) is 4.87. The quantitative estimate of drug-likeness (QED) is 0.791. The van der Waals surface area contributed by atoms with Crippen LogP contribution in [0.25, 0.3) is 0 Å². The number of rotatable bonds is 6. The average Bonchev–Trinajstić information content (AvgIpc) is 2.64. The molecule has 0 unspecified atom stereocenters. The first kappa shape index (κ1) is 18.0. The van der Waals surface area contributed by atoms with Crippen molar-refractivity contribution in [1.82, 2.24) is 9.80 Å². The predicted molar refractivity (Wildman–Crippen MR) is 96.6 cm³/mol. The molecule has 1 saturated heterocycles. The van der Waals surface area contributed by atoms with Gasteiger partial charge in [0.1, 0.15) is 5.82 Å². The summed E-state index contributed by atoms with van der Waals surface area (Å²) >= 11 is 0. The van der Waals surface area contributed by atoms with Gasteiger partial charge in [0, 0.05) is 44.8 Å². The molecule has 4 nitrogen and oxygen atoms in total. The molecule has 0 amide bonds. The molecule has 0 saturated carbocycles. The van der Waals surface area contributed by atoms with E-state index in [1.165, 1.54) is 6.07 Å². The third-order valence-corrected chi connectivity index (χ3v) is 6.31. The molecule has 0 aromatic heterocycles. The highest BCUT2D eigenvalue weighted by Crippen LogP contribution is 2.13. The summed E-state index contributed by atoms with van der Waals surface area (Å²) in [6.45, 7) is 4.38. The van der Waals surface area contributed by atoms with E-state index in [0.717, 1.165) is 26.2 Å². The summed E-state index contributed by atoms with van der Waals surface area (Å²) in [6, 6.07) is 15.4. The monoisotopic (exact) mass is 362 g/mol. The molecule has 0 atom stereocenters. The zero-order valence-electron chi connectivity index (χ0n) is 14.1. The molecule has 0 radical (unpaired) electrons. The molecule has 2 aromatic rings. The van der Waals surface area contributed by atoms with E-state index in [-0.39, 0.29) is 11.6 Å². The van der Waals surface area contributed by atoms with Crippen molar-refractivity contribution in [2.45, 2.75) is 11.4 Å². The van der Waals surface area contributed by atoms with Gasteiger partial charge in [-0.2, -0.15) is 0 Å². The molecule has 3 rings (SSSR count). The lowest BCUT2D eigenvalue weighted by atomic mass is 10.2. The van der Waals surface area contributed by atoms with Gasteiger partial charge in [0.2, 0.25) is 0 Å². The first-order valence-corrected chi connectivity index (χ1v) is 10.2. The number of benzene rings is 2. The Morgan fingerprint density at radius 1 is 0.840 bits per heavy atom. The Balaban J connectivity index is 1.47. The molecular formula is C19H23FN2O2S. The lowest BCUT2D eigenvalue weighted by molar-refractivity contribution is 0.131. The molecule has 1 aliphatic heterocycles. The van der Waals surface area contributed by atoms with E-state index >= 15 is 0 Å². The fourth-order valence-corrected chi connectivity index (χ4v) is 4.34. The minimum Gasteiger partial charge on any atom is -0.300 e. The summed E-state index contributed by atoms with van der Waals surface area (Å²) in [5, 5.41) is 0. The van der Waals surface area contributed by atoms with Gasteiger partial charge in [-0.25, -0.2) is 12.8 Å². The first-order chi connectivity index (χ1) is 12.0. The Morgan fingerprint density at radius 3 is 2.12 bits per heavy atom. The number of halogens is 1. The fraction of sp³-hybridized carbons (Fsp3) is 0.368. The van der Waals surface area contributed by atoms with Crippen molar-refractivity contribution in [2.24, 2.45) is 0 Å². The van der Waals surface area contributed by atoms with Gasteiger partial charge in [0.25, 0.3) is 0 Å². The van der Waals surface area contributed by atoms with Crippen LogP contribution in [0.4, 0.5) is 4.39 Å². The molecule has 1 fully saturated rings. The van der Waals surface area contributed by atoms with Gasteiger partial charge >= 0.3 is 0 Å². The molecule has 0 bridgehead atoms. The SMILES string of the molecule is O=S(=O)(CCN1CCN(Cc2ccccc2F)CC1)c1ccccc1. The van der Waals surface area contributed by atoms with Gasteiger partial charge < -0.3 is 0 Å². The summed E-state index contributed by atoms with van der Waals surface area (Å²) in [7, 11) is -3.23. The van der Waals surface area contributed by atoms with Crippen LogP contribution >= 0.6 is 0 Å². The molecule has 2 aromatic carbocycles. The van der Waals surface area contributed by atoms with Crippen molar-refractivity contribution in [3.05, 3.63) is 66.0 Å². The summed E-state index contributed by atoms with van der Waals surface area (Å²) in [6.07, 6.45) is 0. The zero-order chi connectivity index (χ0) is 17.7. The van der Waals surface area contributed by atoms with Crippen LogP contribution in [0.15, 0.2) is 59.5 Å². The van der Waals surface area contributed by atoms with Crippen molar-refractivity contribution < 1.29 is 12.8 Å². The van der Waals surface area contributed by atoms with Crippen LogP contribution in [-0.4, -0.2) is 56.7 Å². The lowest BCUT2D eigenvalue weighted by Crippen LogP contribution is -2.47. The second-order valence-electron chi connectivity index (χ2n) is 6.34. The van der Waals surface area contributed by atoms with Crippen molar-refractivity contribution in [3.8, 4) is 0 Å². The summed E-state index contributed by atoms with van der Waals surface area (Å²) in [5.74, 6) is -0.0384. The van der Waals surface area contributed by atoms with Gasteiger partial charge in [-0.15, -0.1) is 0 Å². The molecule has 0 spiro atoms. The number of nitrogens with zero attached hydrogens (tertiary/aromatic N) is 2. The Hall–Kier alpha value is -1.76. The van der Waals surface area contributed by atoms with Crippen LogP contribution in [-0.2, 0) is 16.4 Å². The predicted octanol–water partition coefficient (Wildman–Crippen LogP) is 2.42. The Labute approximate surface area is 148 Å². The highest BCUT2D eigenvalue weighted by atomic mass is 32.2. The molecule has 1 aliphatic rings. The van der Waals surface area contributed by atoms with Crippen LogP contribution in [0.5, 0.6) is 0 Å². The molecular weight excluding hydrogens is 339 g/mol. The molecule has 25 heavy (non-hydrogen) atoms. The fourth-order valence-electron chi connectivity index (χ4n) is 3.03. The summed E-state index contributed by atoms with van der Waals surface area (Å²) in [5.41, 5.74) is 0.711. The number of hydrogen-bond acceptors (Lipinski definition) is 4. The maximum Gasteiger partial charge on any atom is 0.179 e. The van der Waals surface area contributed by atoms with Crippen molar-refractivity contribution in [1.29, 1.82) is 0 Å². The Bertz CT molecular complexity index is 788. The zero-order valence-corrected chi connectivity index (χ0v) is 15.0. The van der Waals surface area contributed by atoms with Gasteiger partial charge in [-0.05, 0) is 18.2 Å². The van der Waals surface area contributed by atoms with Gasteiger partial charge in [0.05, 0.1) is 10.6 Å². The summed E-state index contributed by atoms with van der Waals surface area (Å²) < 4.78 is 38.4. The maximum absolute atomic E-state index is 13.7. The normalized spacial score (nSPS) is 16.8. The standard InChI is InChI=1S/C19H23FN2O2S/c20-19-9-5-4-6-17(19)16-22-12-10-21(11-13-22)14-15-25(23,24)18-7-2-1-3-8-18/h1-9H,10-16H2. The van der Waals surface area contributed by atoms with E-state index in [1.807, 2.05) is 18.2 Å². The number of hydrogen-bond donors (Lipinski definition) is 0. The number of piperazine rings is 1. The van der Waals surface area contributed by atoms with Crippen LogP contribution in [0.1, 0.15) is 5.56 Å². The van der Waals surface area contributed by atoms with Crippen molar-refractivity contribution in [2.75, 3.05) is 38.5 Å². The Morgan fingerprint density at radius 2 is 1.44 bits per heavy atom. The highest BCUT2D eigenvalue weighted by molar-refractivity contribution is 7.91. The molecule has 6 heteroatoms. The topological polar surface area (TPSA) is 40.6 Å². The highest BCUT2D eigenvalue weighted by Gasteiger charge is 2.21. The second kappa shape index (κ2) is 8.08. The molecule has 0 N–H and O–H groups in total. The van der Waals surface area contributed by atoms with Crippen LogP contribution < -0.4 is 0 Å². The minimum absolute atomic E-state index is 0.129. The molecule has 134 valence electrons. The second-order valence-corrected chi connectivity index (χ2v) is 8.45. The van der Waals surface area contributed by atoms with Gasteiger partial charge in [-0.3, -0.25) is 9.80 Å². The van der Waals surface area contributed by atoms with Crippen molar-refractivity contribution >= 4 is 9.84 Å². The van der Waals surface area contributed by atoms with E-state index in [9.17, 15) is 12.8 Å². The average molecular weight is 362 g/mol. The van der Waals surface area contributed by atoms with Gasteiger partial charge in [0.15, 0.2) is 9.84 Å².